The van der Waals surface area contributed by atoms with Crippen molar-refractivity contribution in [1.29, 1.82) is 0 Å². The van der Waals surface area contributed by atoms with Crippen LogP contribution in [0.1, 0.15) is 18.7 Å². The van der Waals surface area contributed by atoms with E-state index in [1.165, 1.54) is 10.6 Å². The van der Waals surface area contributed by atoms with Crippen molar-refractivity contribution < 1.29 is 0 Å². The van der Waals surface area contributed by atoms with Gasteiger partial charge in [-0.15, -0.1) is 12.4 Å². The molecule has 1 aromatic carbocycles. The van der Waals surface area contributed by atoms with Crippen LogP contribution in [-0.2, 0) is 7.05 Å². The van der Waals surface area contributed by atoms with Crippen molar-refractivity contribution in [2.45, 2.75) is 13.0 Å². The third-order valence-electron chi connectivity index (χ3n) is 3.52. The van der Waals surface area contributed by atoms with Crippen LogP contribution in [0.3, 0.4) is 0 Å². The van der Waals surface area contributed by atoms with Gasteiger partial charge < -0.3 is 5.73 Å². The van der Waals surface area contributed by atoms with Crippen molar-refractivity contribution >= 4 is 34.9 Å². The third kappa shape index (κ3) is 3.08. The maximum Gasteiger partial charge on any atom is 0.261 e. The second-order valence-electron chi connectivity index (χ2n) is 5.18. The molecule has 120 valence electrons. The first-order valence-electron chi connectivity index (χ1n) is 6.87. The largest absolute Gasteiger partial charge is 0.323 e. The van der Waals surface area contributed by atoms with E-state index in [0.717, 1.165) is 5.56 Å². The summed E-state index contributed by atoms with van der Waals surface area (Å²) in [4.78, 5) is 21.5. The molecular formula is C16H16Cl2N4O. The van der Waals surface area contributed by atoms with Crippen LogP contribution < -0.4 is 11.3 Å². The Balaban J connectivity index is 0.00000192. The summed E-state index contributed by atoms with van der Waals surface area (Å²) in [6.45, 7) is 1.79. The fraction of sp³-hybridized carbons (Fsp3) is 0.188. The zero-order valence-electron chi connectivity index (χ0n) is 12.7. The summed E-state index contributed by atoms with van der Waals surface area (Å²) in [5, 5.41) is 0.667. The fourth-order valence-corrected chi connectivity index (χ4v) is 2.63. The Morgan fingerprint density at radius 3 is 2.48 bits per heavy atom. The first kappa shape index (κ1) is 17.4. The second-order valence-corrected chi connectivity index (χ2v) is 5.57. The van der Waals surface area contributed by atoms with Gasteiger partial charge in [-0.25, -0.2) is 9.97 Å². The molecule has 0 aliphatic carbocycles. The topological polar surface area (TPSA) is 73.8 Å². The minimum atomic E-state index is -0.371. The van der Waals surface area contributed by atoms with Crippen LogP contribution in [0.15, 0.2) is 41.2 Å². The number of nitrogens with two attached hydrogens (primary N) is 1. The van der Waals surface area contributed by atoms with Crippen LogP contribution in [0.25, 0.3) is 22.3 Å². The zero-order chi connectivity index (χ0) is 15.9. The number of halogens is 2. The van der Waals surface area contributed by atoms with Crippen molar-refractivity contribution in [3.63, 3.8) is 0 Å². The molecule has 2 N–H and O–H groups in total. The highest BCUT2D eigenvalue weighted by atomic mass is 35.5. The number of benzene rings is 1. The minimum Gasteiger partial charge on any atom is -0.323 e. The molecule has 1 atom stereocenters. The minimum absolute atomic E-state index is 0. The molecule has 0 aliphatic heterocycles. The predicted octanol–water partition coefficient (Wildman–Crippen LogP) is 3.09. The normalized spacial score (nSPS) is 12.0. The van der Waals surface area contributed by atoms with E-state index >= 15 is 0 Å². The Morgan fingerprint density at radius 1 is 1.22 bits per heavy atom. The van der Waals surface area contributed by atoms with Crippen molar-refractivity contribution in [3.05, 3.63) is 57.6 Å². The lowest BCUT2D eigenvalue weighted by molar-refractivity contribution is 0.783. The molecule has 2 heterocycles. The van der Waals surface area contributed by atoms with E-state index in [0.29, 0.717) is 22.4 Å². The monoisotopic (exact) mass is 350 g/mol. The SMILES string of the molecule is C[C@@H](N)c1nc(Cl)cc2c(=O)n(C)c(-c3ccccc3)nc12.Cl. The number of rotatable bonds is 2. The van der Waals surface area contributed by atoms with Crippen molar-refractivity contribution in [2.75, 3.05) is 0 Å². The molecule has 0 saturated heterocycles. The van der Waals surface area contributed by atoms with Gasteiger partial charge in [-0.1, -0.05) is 41.9 Å². The average Bonchev–Trinajstić information content (AvgIpc) is 2.51. The molecule has 3 rings (SSSR count). The van der Waals surface area contributed by atoms with Gasteiger partial charge in [0.2, 0.25) is 0 Å². The van der Waals surface area contributed by atoms with E-state index in [-0.39, 0.29) is 29.2 Å². The second kappa shape index (κ2) is 6.66. The van der Waals surface area contributed by atoms with E-state index in [9.17, 15) is 4.79 Å². The predicted molar refractivity (Wildman–Crippen MR) is 95.1 cm³/mol. The average molecular weight is 351 g/mol. The molecule has 2 aromatic heterocycles. The fourth-order valence-electron chi connectivity index (χ4n) is 2.43. The Morgan fingerprint density at radius 2 is 1.87 bits per heavy atom. The van der Waals surface area contributed by atoms with Crippen LogP contribution in [0.5, 0.6) is 0 Å². The number of fused-ring (bicyclic) bond motifs is 1. The smallest absolute Gasteiger partial charge is 0.261 e. The lowest BCUT2D eigenvalue weighted by Crippen LogP contribution is -2.22. The van der Waals surface area contributed by atoms with E-state index in [1.807, 2.05) is 30.3 Å². The van der Waals surface area contributed by atoms with Crippen molar-refractivity contribution in [3.8, 4) is 11.4 Å². The molecule has 3 aromatic rings. The van der Waals surface area contributed by atoms with Gasteiger partial charge in [-0.05, 0) is 13.0 Å². The standard InChI is InChI=1S/C16H15ClN4O.ClH/c1-9(18)13-14-11(8-12(17)19-13)16(22)21(2)15(20-14)10-6-4-3-5-7-10;/h3-9H,18H2,1-2H3;1H/t9-;/m1./s1. The number of hydrogen-bond donors (Lipinski definition) is 1. The molecule has 23 heavy (non-hydrogen) atoms. The highest BCUT2D eigenvalue weighted by Gasteiger charge is 2.16. The zero-order valence-corrected chi connectivity index (χ0v) is 14.2. The maximum absolute atomic E-state index is 12.6. The summed E-state index contributed by atoms with van der Waals surface area (Å²) < 4.78 is 1.51. The quantitative estimate of drug-likeness (QED) is 0.720. The van der Waals surface area contributed by atoms with Crippen molar-refractivity contribution in [2.24, 2.45) is 12.8 Å². The van der Waals surface area contributed by atoms with Crippen LogP contribution >= 0.6 is 24.0 Å². The van der Waals surface area contributed by atoms with Gasteiger partial charge in [0.1, 0.15) is 16.5 Å². The first-order valence-corrected chi connectivity index (χ1v) is 7.25. The summed E-state index contributed by atoms with van der Waals surface area (Å²) in [6.07, 6.45) is 0. The molecule has 0 amide bonds. The van der Waals surface area contributed by atoms with E-state index < -0.39 is 0 Å². The van der Waals surface area contributed by atoms with Gasteiger partial charge in [0.15, 0.2) is 0 Å². The number of pyridine rings is 1. The lowest BCUT2D eigenvalue weighted by atomic mass is 10.1. The van der Waals surface area contributed by atoms with Crippen LogP contribution in [0, 0.1) is 0 Å². The molecule has 0 spiro atoms. The van der Waals surface area contributed by atoms with Gasteiger partial charge in [0, 0.05) is 18.7 Å². The molecule has 7 heteroatoms. The third-order valence-corrected chi connectivity index (χ3v) is 3.72. The summed E-state index contributed by atoms with van der Waals surface area (Å²) in [7, 11) is 1.69. The Bertz CT molecular complexity index is 907. The van der Waals surface area contributed by atoms with E-state index in [2.05, 4.69) is 9.97 Å². The van der Waals surface area contributed by atoms with Gasteiger partial charge in [-0.2, -0.15) is 0 Å². The molecule has 0 fully saturated rings. The van der Waals surface area contributed by atoms with Gasteiger partial charge in [0.25, 0.3) is 5.56 Å². The summed E-state index contributed by atoms with van der Waals surface area (Å²) in [6, 6.07) is 10.7. The Hall–Kier alpha value is -1.95. The molecule has 0 radical (unpaired) electrons. The molecular weight excluding hydrogens is 335 g/mol. The van der Waals surface area contributed by atoms with Gasteiger partial charge in [-0.3, -0.25) is 9.36 Å². The molecule has 0 saturated carbocycles. The van der Waals surface area contributed by atoms with Gasteiger partial charge in [0.05, 0.1) is 11.1 Å². The number of nitrogens with zero attached hydrogens (tertiary/aromatic N) is 3. The Kier molecular flexibility index (Phi) is 5.04. The van der Waals surface area contributed by atoms with E-state index in [4.69, 9.17) is 17.3 Å². The van der Waals surface area contributed by atoms with Crippen LogP contribution in [0.4, 0.5) is 0 Å². The van der Waals surface area contributed by atoms with E-state index in [1.54, 1.807) is 14.0 Å². The van der Waals surface area contributed by atoms with Crippen LogP contribution in [-0.4, -0.2) is 14.5 Å². The first-order chi connectivity index (χ1) is 10.5. The highest BCUT2D eigenvalue weighted by Crippen LogP contribution is 2.24. The lowest BCUT2D eigenvalue weighted by Gasteiger charge is -2.13. The number of aromatic nitrogens is 3. The highest BCUT2D eigenvalue weighted by molar-refractivity contribution is 6.30. The maximum atomic E-state index is 12.6. The summed E-state index contributed by atoms with van der Waals surface area (Å²) in [5.41, 5.74) is 7.67. The van der Waals surface area contributed by atoms with Crippen LogP contribution in [0.2, 0.25) is 5.15 Å². The number of hydrogen-bond acceptors (Lipinski definition) is 4. The van der Waals surface area contributed by atoms with Gasteiger partial charge >= 0.3 is 0 Å². The molecule has 0 aliphatic rings. The van der Waals surface area contributed by atoms with Crippen molar-refractivity contribution in [1.82, 2.24) is 14.5 Å². The summed E-state index contributed by atoms with van der Waals surface area (Å²) >= 11 is 6.01. The Labute approximate surface area is 144 Å². The summed E-state index contributed by atoms with van der Waals surface area (Å²) in [5.74, 6) is 0.573. The molecule has 5 nitrogen and oxygen atoms in total. The molecule has 0 bridgehead atoms. The molecule has 0 unspecified atom stereocenters.